The second kappa shape index (κ2) is 4.28. The highest BCUT2D eigenvalue weighted by molar-refractivity contribution is 5.68. The molecule has 3 nitrogen and oxygen atoms in total. The first-order valence-electron chi connectivity index (χ1n) is 3.10. The van der Waals surface area contributed by atoms with Gasteiger partial charge in [0, 0.05) is 6.42 Å². The van der Waals surface area contributed by atoms with Crippen LogP contribution < -0.4 is 0 Å². The lowest BCUT2D eigenvalue weighted by Gasteiger charge is -1.97. The van der Waals surface area contributed by atoms with E-state index in [2.05, 4.69) is 0 Å². The maximum absolute atomic E-state index is 10.5. The van der Waals surface area contributed by atoms with E-state index in [-0.39, 0.29) is 19.5 Å². The molecule has 0 spiro atoms. The molecule has 1 heterocycles. The first-order valence-corrected chi connectivity index (χ1v) is 3.10. The fraction of sp³-hybridized carbons (Fsp3) is 0.857. The van der Waals surface area contributed by atoms with Crippen LogP contribution in [0.4, 0.5) is 0 Å². The smallest absolute Gasteiger partial charge is 0.305 e. The average molecular weight is 146 g/mol. The van der Waals surface area contributed by atoms with Crippen molar-refractivity contribution in [2.75, 3.05) is 13.2 Å². The fourth-order valence-corrected chi connectivity index (χ4v) is 0.452. The van der Waals surface area contributed by atoms with Gasteiger partial charge in [-0.25, -0.2) is 0 Å². The molecule has 0 amide bonds. The van der Waals surface area contributed by atoms with E-state index < -0.39 is 0 Å². The normalized spacial score (nSPS) is 21.1. The summed E-state index contributed by atoms with van der Waals surface area (Å²) in [5.41, 5.74) is 0. The molecule has 0 bridgehead atoms. The topological polar surface area (TPSA) is 38.8 Å². The summed E-state index contributed by atoms with van der Waals surface area (Å²) in [6.07, 6.45) is 0.646. The van der Waals surface area contributed by atoms with Crippen LogP contribution in [0.5, 0.6) is 0 Å². The van der Waals surface area contributed by atoms with E-state index in [9.17, 15) is 4.79 Å². The maximum atomic E-state index is 10.5. The van der Waals surface area contributed by atoms with Crippen molar-refractivity contribution in [2.45, 2.75) is 26.9 Å². The summed E-state index contributed by atoms with van der Waals surface area (Å²) in [7, 11) is 0. The summed E-state index contributed by atoms with van der Waals surface area (Å²) in [6.45, 7) is 2.96. The monoisotopic (exact) mass is 146 g/mol. The van der Waals surface area contributed by atoms with Gasteiger partial charge in [-0.2, -0.15) is 0 Å². The quantitative estimate of drug-likeness (QED) is 0.440. The highest BCUT2D eigenvalue weighted by Crippen LogP contribution is 2.08. The first-order chi connectivity index (χ1) is 4.33. The van der Waals surface area contributed by atoms with Gasteiger partial charge in [0.25, 0.3) is 0 Å². The third-order valence-electron chi connectivity index (χ3n) is 1.12. The zero-order valence-electron chi connectivity index (χ0n) is 5.42. The fourth-order valence-electron chi connectivity index (χ4n) is 0.452. The number of esters is 1. The predicted octanol–water partition coefficient (Wildman–Crippen LogP) is 0.975. The van der Waals surface area contributed by atoms with Crippen molar-refractivity contribution in [1.29, 1.82) is 0 Å². The molecule has 3 heteroatoms. The molecule has 0 aromatic heterocycles. The molecule has 1 atom stereocenters. The second-order valence-electron chi connectivity index (χ2n) is 1.99. The molecule has 0 aromatic carbocycles. The van der Waals surface area contributed by atoms with E-state index in [0.29, 0.717) is 13.0 Å². The molecule has 1 unspecified atom stereocenters. The number of carbonyl (C=O) groups is 1. The standard InChI is InChI=1S/C6H10O3.CH4/c1-2-6(7)9-4-5-3-8-5;/h5H,2-4H2,1H3;1H4. The van der Waals surface area contributed by atoms with E-state index in [1.54, 1.807) is 6.92 Å². The van der Waals surface area contributed by atoms with Crippen molar-refractivity contribution in [3.05, 3.63) is 0 Å². The van der Waals surface area contributed by atoms with Crippen LogP contribution in [0.25, 0.3) is 0 Å². The van der Waals surface area contributed by atoms with Crippen LogP contribution in [0.3, 0.4) is 0 Å². The van der Waals surface area contributed by atoms with Crippen LogP contribution in [-0.2, 0) is 14.3 Å². The number of rotatable bonds is 3. The van der Waals surface area contributed by atoms with E-state index in [4.69, 9.17) is 9.47 Å². The summed E-state index contributed by atoms with van der Waals surface area (Å²) in [4.78, 5) is 10.5. The first kappa shape index (κ1) is 9.43. The molecule has 1 fully saturated rings. The summed E-state index contributed by atoms with van der Waals surface area (Å²) >= 11 is 0. The lowest BCUT2D eigenvalue weighted by atomic mass is 10.5. The minimum atomic E-state index is -0.148. The third kappa shape index (κ3) is 3.45. The Morgan fingerprint density at radius 3 is 2.80 bits per heavy atom. The number of carbonyl (C=O) groups excluding carboxylic acids is 1. The van der Waals surface area contributed by atoms with E-state index in [0.717, 1.165) is 6.61 Å². The van der Waals surface area contributed by atoms with Crippen LogP contribution in [0.2, 0.25) is 0 Å². The second-order valence-corrected chi connectivity index (χ2v) is 1.99. The van der Waals surface area contributed by atoms with Crippen molar-refractivity contribution in [3.63, 3.8) is 0 Å². The Balaban J connectivity index is 0.000000810. The summed E-state index contributed by atoms with van der Waals surface area (Å²) in [6, 6.07) is 0. The Bertz CT molecular complexity index is 107. The van der Waals surface area contributed by atoms with Crippen LogP contribution in [-0.4, -0.2) is 25.3 Å². The molecule has 1 aliphatic rings. The number of hydrogen-bond acceptors (Lipinski definition) is 3. The van der Waals surface area contributed by atoms with Gasteiger partial charge in [0.05, 0.1) is 6.61 Å². The molecule has 0 aromatic rings. The minimum absolute atomic E-state index is 0. The molecule has 1 saturated heterocycles. The highest BCUT2D eigenvalue weighted by atomic mass is 16.6. The van der Waals surface area contributed by atoms with Gasteiger partial charge in [-0.3, -0.25) is 4.79 Å². The van der Waals surface area contributed by atoms with Gasteiger partial charge in [0.2, 0.25) is 0 Å². The zero-order chi connectivity index (χ0) is 6.69. The lowest BCUT2D eigenvalue weighted by molar-refractivity contribution is -0.143. The Morgan fingerprint density at radius 1 is 1.80 bits per heavy atom. The van der Waals surface area contributed by atoms with Gasteiger partial charge in [-0.15, -0.1) is 0 Å². The molecule has 0 radical (unpaired) electrons. The van der Waals surface area contributed by atoms with Gasteiger partial charge < -0.3 is 9.47 Å². The molecular weight excluding hydrogens is 132 g/mol. The summed E-state index contributed by atoms with van der Waals surface area (Å²) in [5.74, 6) is -0.148. The SMILES string of the molecule is C.CCC(=O)OCC1CO1. The van der Waals surface area contributed by atoms with Crippen molar-refractivity contribution >= 4 is 5.97 Å². The minimum Gasteiger partial charge on any atom is -0.463 e. The number of hydrogen-bond donors (Lipinski definition) is 0. The molecular formula is C7H14O3. The van der Waals surface area contributed by atoms with Crippen LogP contribution >= 0.6 is 0 Å². The van der Waals surface area contributed by atoms with Gasteiger partial charge in [-0.05, 0) is 0 Å². The zero-order valence-corrected chi connectivity index (χ0v) is 5.42. The Labute approximate surface area is 61.3 Å². The van der Waals surface area contributed by atoms with Crippen molar-refractivity contribution in [3.8, 4) is 0 Å². The molecule has 0 aliphatic carbocycles. The summed E-state index contributed by atoms with van der Waals surface area (Å²) < 4.78 is 9.58. The van der Waals surface area contributed by atoms with Gasteiger partial charge in [-0.1, -0.05) is 14.4 Å². The summed E-state index contributed by atoms with van der Waals surface area (Å²) in [5, 5.41) is 0. The highest BCUT2D eigenvalue weighted by Gasteiger charge is 2.23. The maximum Gasteiger partial charge on any atom is 0.305 e. The third-order valence-corrected chi connectivity index (χ3v) is 1.12. The Hall–Kier alpha value is -0.570. The Kier molecular flexibility index (Phi) is 4.03. The molecule has 1 rings (SSSR count). The van der Waals surface area contributed by atoms with Gasteiger partial charge in [0.1, 0.15) is 12.7 Å². The Morgan fingerprint density at radius 2 is 2.40 bits per heavy atom. The average Bonchev–Trinajstić information content (AvgIpc) is 2.65. The van der Waals surface area contributed by atoms with E-state index in [1.807, 2.05) is 0 Å². The van der Waals surface area contributed by atoms with Crippen LogP contribution in [0, 0.1) is 0 Å². The van der Waals surface area contributed by atoms with E-state index >= 15 is 0 Å². The van der Waals surface area contributed by atoms with Gasteiger partial charge >= 0.3 is 5.97 Å². The van der Waals surface area contributed by atoms with Gasteiger partial charge in [0.15, 0.2) is 0 Å². The van der Waals surface area contributed by atoms with Crippen molar-refractivity contribution in [2.24, 2.45) is 0 Å². The van der Waals surface area contributed by atoms with Crippen LogP contribution in [0.1, 0.15) is 20.8 Å². The van der Waals surface area contributed by atoms with Crippen molar-refractivity contribution in [1.82, 2.24) is 0 Å². The molecule has 60 valence electrons. The lowest BCUT2D eigenvalue weighted by Crippen LogP contribution is -2.07. The molecule has 0 saturated carbocycles. The van der Waals surface area contributed by atoms with Crippen molar-refractivity contribution < 1.29 is 14.3 Å². The molecule has 10 heavy (non-hydrogen) atoms. The van der Waals surface area contributed by atoms with Crippen LogP contribution in [0.15, 0.2) is 0 Å². The molecule has 1 aliphatic heterocycles. The molecule has 0 N–H and O–H groups in total. The predicted molar refractivity (Wildman–Crippen MR) is 37.7 cm³/mol. The number of ether oxygens (including phenoxy) is 2. The largest absolute Gasteiger partial charge is 0.463 e. The number of epoxide rings is 1. The van der Waals surface area contributed by atoms with E-state index in [1.165, 1.54) is 0 Å².